The Morgan fingerprint density at radius 2 is 2.07 bits per heavy atom. The zero-order chi connectivity index (χ0) is 20.7. The van der Waals surface area contributed by atoms with E-state index >= 15 is 0 Å². The molecule has 2 amide bonds. The van der Waals surface area contributed by atoms with E-state index in [4.69, 9.17) is 4.74 Å². The highest BCUT2D eigenvalue weighted by molar-refractivity contribution is 6.05. The molecule has 2 fully saturated rings. The van der Waals surface area contributed by atoms with Crippen molar-refractivity contribution in [2.75, 3.05) is 29.9 Å². The molecule has 2 atom stereocenters. The topological polar surface area (TPSA) is 70.7 Å². The van der Waals surface area contributed by atoms with Gasteiger partial charge in [-0.2, -0.15) is 0 Å². The summed E-state index contributed by atoms with van der Waals surface area (Å²) in [5.41, 5.74) is 3.28. The van der Waals surface area contributed by atoms with Gasteiger partial charge in [0.1, 0.15) is 5.75 Å². The Kier molecular flexibility index (Phi) is 4.95. The summed E-state index contributed by atoms with van der Waals surface area (Å²) in [7, 11) is 0. The number of benzene rings is 2. The average molecular weight is 405 g/mol. The Balaban J connectivity index is 1.25. The highest BCUT2D eigenvalue weighted by Crippen LogP contribution is 2.42. The number of amides is 2. The number of nitrogens with one attached hydrogen (secondary N) is 2. The molecular weight excluding hydrogens is 378 g/mol. The van der Waals surface area contributed by atoms with E-state index in [-0.39, 0.29) is 18.4 Å². The van der Waals surface area contributed by atoms with Crippen LogP contribution >= 0.6 is 0 Å². The molecule has 0 saturated heterocycles. The molecule has 0 spiro atoms. The van der Waals surface area contributed by atoms with Crippen molar-refractivity contribution in [3.05, 3.63) is 53.6 Å². The number of likely N-dealkylation sites (N-methyl/N-ethyl adjacent to an activating group) is 1. The maximum Gasteiger partial charge on any atom is 0.265 e. The minimum absolute atomic E-state index is 0.0254. The lowest BCUT2D eigenvalue weighted by atomic mass is 10.1. The second-order valence-corrected chi connectivity index (χ2v) is 8.49. The summed E-state index contributed by atoms with van der Waals surface area (Å²) in [4.78, 5) is 26.5. The van der Waals surface area contributed by atoms with Crippen LogP contribution in [-0.4, -0.2) is 37.6 Å². The third-order valence-electron chi connectivity index (χ3n) is 6.21. The Hall–Kier alpha value is -2.86. The lowest BCUT2D eigenvalue weighted by molar-refractivity contribution is -0.121. The van der Waals surface area contributed by atoms with Gasteiger partial charge in [-0.15, -0.1) is 0 Å². The lowest BCUT2D eigenvalue weighted by Crippen LogP contribution is -2.38. The van der Waals surface area contributed by atoms with Crippen molar-refractivity contribution in [1.82, 2.24) is 5.32 Å². The number of hydrogen-bond donors (Lipinski definition) is 2. The molecule has 1 heterocycles. The molecule has 3 aliphatic rings. The molecule has 30 heavy (non-hydrogen) atoms. The minimum atomic E-state index is -0.140. The molecule has 6 heteroatoms. The van der Waals surface area contributed by atoms with Gasteiger partial charge in [-0.25, -0.2) is 0 Å². The van der Waals surface area contributed by atoms with Crippen LogP contribution in [0.25, 0.3) is 0 Å². The molecular formula is C24H27N3O3. The van der Waals surface area contributed by atoms with Gasteiger partial charge in [0.05, 0.1) is 5.69 Å². The van der Waals surface area contributed by atoms with E-state index < -0.39 is 0 Å². The van der Waals surface area contributed by atoms with E-state index in [0.717, 1.165) is 24.6 Å². The Bertz CT molecular complexity index is 985. The molecule has 2 aromatic carbocycles. The molecule has 5 rings (SSSR count). The van der Waals surface area contributed by atoms with Gasteiger partial charge >= 0.3 is 0 Å². The Morgan fingerprint density at radius 3 is 2.87 bits per heavy atom. The molecule has 2 N–H and O–H groups in total. The fraction of sp³-hybridized carbons (Fsp3) is 0.417. The largest absolute Gasteiger partial charge is 0.481 e. The Labute approximate surface area is 176 Å². The summed E-state index contributed by atoms with van der Waals surface area (Å²) >= 11 is 0. The van der Waals surface area contributed by atoms with Crippen molar-refractivity contribution < 1.29 is 14.3 Å². The Morgan fingerprint density at radius 1 is 1.20 bits per heavy atom. The number of nitrogens with zero attached hydrogens (tertiary/aromatic N) is 1. The van der Waals surface area contributed by atoms with E-state index in [9.17, 15) is 9.59 Å². The highest BCUT2D eigenvalue weighted by Gasteiger charge is 2.39. The van der Waals surface area contributed by atoms with Crippen LogP contribution in [0.15, 0.2) is 42.5 Å². The van der Waals surface area contributed by atoms with Gasteiger partial charge in [-0.1, -0.05) is 12.1 Å². The molecule has 0 aromatic heterocycles. The third-order valence-corrected chi connectivity index (χ3v) is 6.21. The molecule has 0 radical (unpaired) electrons. The van der Waals surface area contributed by atoms with Gasteiger partial charge in [-0.05, 0) is 68.5 Å². The number of carbonyl (C=O) groups excluding carboxylic acids is 2. The maximum absolute atomic E-state index is 12.8. The van der Waals surface area contributed by atoms with Crippen LogP contribution in [-0.2, 0) is 4.79 Å². The van der Waals surface area contributed by atoms with Crippen molar-refractivity contribution in [3.8, 4) is 5.75 Å². The van der Waals surface area contributed by atoms with Crippen molar-refractivity contribution in [3.63, 3.8) is 0 Å². The summed E-state index contributed by atoms with van der Waals surface area (Å²) < 4.78 is 5.56. The molecule has 6 nitrogen and oxygen atoms in total. The lowest BCUT2D eigenvalue weighted by Gasteiger charge is -2.28. The molecule has 156 valence electrons. The zero-order valence-corrected chi connectivity index (χ0v) is 17.2. The number of anilines is 2. The van der Waals surface area contributed by atoms with Crippen LogP contribution < -0.4 is 20.3 Å². The second-order valence-electron chi connectivity index (χ2n) is 8.49. The zero-order valence-electron chi connectivity index (χ0n) is 17.2. The number of carbonyl (C=O) groups is 2. The minimum Gasteiger partial charge on any atom is -0.481 e. The van der Waals surface area contributed by atoms with Crippen molar-refractivity contribution in [1.29, 1.82) is 0 Å². The molecule has 1 aliphatic heterocycles. The second kappa shape index (κ2) is 7.76. The highest BCUT2D eigenvalue weighted by atomic mass is 16.5. The molecule has 2 aromatic rings. The standard InChI is InChI=1S/C24H27N3O3/c1-2-27-21-9-8-18(11-22(21)30-14-23(27)28)26-24(29)17-5-3-4-16(10-17)19-12-20(19)25-13-15-6-7-15/h3-5,8-11,15,19-20,25H,2,6-7,12-14H2,1H3,(H,26,29)/t19-,20+/m0/s1. The van der Waals surface area contributed by atoms with Crippen molar-refractivity contribution in [2.24, 2.45) is 5.92 Å². The van der Waals surface area contributed by atoms with Gasteiger partial charge < -0.3 is 20.3 Å². The predicted molar refractivity (Wildman–Crippen MR) is 116 cm³/mol. The van der Waals surface area contributed by atoms with Crippen LogP contribution in [0.4, 0.5) is 11.4 Å². The number of hydrogen-bond acceptors (Lipinski definition) is 4. The van der Waals surface area contributed by atoms with Crippen LogP contribution in [0.3, 0.4) is 0 Å². The summed E-state index contributed by atoms with van der Waals surface area (Å²) in [5, 5.41) is 6.61. The van der Waals surface area contributed by atoms with Gasteiger partial charge in [0.15, 0.2) is 6.61 Å². The summed E-state index contributed by atoms with van der Waals surface area (Å²) in [6, 6.07) is 13.9. The molecule has 0 bridgehead atoms. The average Bonchev–Trinajstić information content (AvgIpc) is 3.67. The fourth-order valence-electron chi connectivity index (χ4n) is 4.17. The molecule has 2 saturated carbocycles. The van der Waals surface area contributed by atoms with Crippen LogP contribution in [0.1, 0.15) is 48.0 Å². The first kappa shape index (κ1) is 19.1. The molecule has 2 aliphatic carbocycles. The van der Waals surface area contributed by atoms with E-state index in [1.165, 1.54) is 18.4 Å². The summed E-state index contributed by atoms with van der Waals surface area (Å²) in [6.07, 6.45) is 3.87. The van der Waals surface area contributed by atoms with Crippen LogP contribution in [0, 0.1) is 5.92 Å². The van der Waals surface area contributed by atoms with Gasteiger partial charge in [0.25, 0.3) is 11.8 Å². The normalized spacial score (nSPS) is 22.3. The molecule has 0 unspecified atom stereocenters. The number of fused-ring (bicyclic) bond motifs is 1. The monoisotopic (exact) mass is 405 g/mol. The van der Waals surface area contributed by atoms with Crippen molar-refractivity contribution in [2.45, 2.75) is 38.1 Å². The van der Waals surface area contributed by atoms with E-state index in [2.05, 4.69) is 16.7 Å². The smallest absolute Gasteiger partial charge is 0.265 e. The number of ether oxygens (including phenoxy) is 1. The summed E-state index contributed by atoms with van der Waals surface area (Å²) in [6.45, 7) is 3.67. The first-order valence-corrected chi connectivity index (χ1v) is 10.8. The van der Waals surface area contributed by atoms with E-state index in [1.54, 1.807) is 11.0 Å². The predicted octanol–water partition coefficient (Wildman–Crippen LogP) is 3.54. The summed E-state index contributed by atoms with van der Waals surface area (Å²) in [5.74, 6) is 1.81. The van der Waals surface area contributed by atoms with E-state index in [1.807, 2.05) is 37.3 Å². The third kappa shape index (κ3) is 3.92. The van der Waals surface area contributed by atoms with Gasteiger partial charge in [0.2, 0.25) is 0 Å². The SMILES string of the molecule is CCN1C(=O)COc2cc(NC(=O)c3cccc([C@@H]4C[C@H]4NCC4CC4)c3)ccc21. The number of rotatable bonds is 7. The van der Waals surface area contributed by atoms with Crippen molar-refractivity contribution >= 4 is 23.2 Å². The quantitative estimate of drug-likeness (QED) is 0.739. The fourth-order valence-corrected chi connectivity index (χ4v) is 4.17. The maximum atomic E-state index is 12.8. The van der Waals surface area contributed by atoms with Gasteiger partial charge in [0, 0.05) is 35.8 Å². The van der Waals surface area contributed by atoms with Gasteiger partial charge in [-0.3, -0.25) is 9.59 Å². The van der Waals surface area contributed by atoms with E-state index in [0.29, 0.717) is 35.5 Å². The first-order chi connectivity index (χ1) is 14.6. The first-order valence-electron chi connectivity index (χ1n) is 10.8. The van der Waals surface area contributed by atoms with Crippen LogP contribution in [0.2, 0.25) is 0 Å². The van der Waals surface area contributed by atoms with Crippen LogP contribution in [0.5, 0.6) is 5.75 Å².